The van der Waals surface area contributed by atoms with Crippen LogP contribution in [0, 0.1) is 16.0 Å². The van der Waals surface area contributed by atoms with Crippen LogP contribution in [-0.4, -0.2) is 60.9 Å². The minimum atomic E-state index is -0.491. The number of nitro benzene ring substituents is 1. The lowest BCUT2D eigenvalue weighted by Crippen LogP contribution is -2.49. The minimum absolute atomic E-state index is 0.128. The molecule has 0 aliphatic carbocycles. The van der Waals surface area contributed by atoms with Gasteiger partial charge in [0, 0.05) is 62.8 Å². The van der Waals surface area contributed by atoms with Gasteiger partial charge in [-0.25, -0.2) is 0 Å². The van der Waals surface area contributed by atoms with Gasteiger partial charge in [-0.2, -0.15) is 0 Å². The van der Waals surface area contributed by atoms with Crippen molar-refractivity contribution in [1.29, 1.82) is 0 Å². The van der Waals surface area contributed by atoms with Gasteiger partial charge in [0.15, 0.2) is 0 Å². The number of rotatable bonds is 7. The number of hydrogen-bond donors (Lipinski definition) is 1. The van der Waals surface area contributed by atoms with Crippen LogP contribution in [0.1, 0.15) is 43.5 Å². The van der Waals surface area contributed by atoms with E-state index in [0.29, 0.717) is 54.9 Å². The topological polar surface area (TPSA) is 99.0 Å². The van der Waals surface area contributed by atoms with Gasteiger partial charge in [-0.15, -0.1) is 0 Å². The van der Waals surface area contributed by atoms with Gasteiger partial charge in [-0.1, -0.05) is 25.4 Å². The van der Waals surface area contributed by atoms with E-state index in [1.54, 1.807) is 18.2 Å². The van der Waals surface area contributed by atoms with Crippen LogP contribution in [0.25, 0.3) is 0 Å². The molecule has 0 bridgehead atoms. The number of carbonyl (C=O) groups is 2. The van der Waals surface area contributed by atoms with E-state index in [9.17, 15) is 19.7 Å². The summed E-state index contributed by atoms with van der Waals surface area (Å²) in [6, 6.07) is 9.76. The van der Waals surface area contributed by atoms with E-state index in [1.165, 1.54) is 12.1 Å². The number of amides is 2. The Labute approximate surface area is 216 Å². The third kappa shape index (κ3) is 5.90. The number of piperazine rings is 1. The zero-order chi connectivity index (χ0) is 25.8. The van der Waals surface area contributed by atoms with Gasteiger partial charge in [0.25, 0.3) is 11.6 Å². The number of non-ortho nitro benzene ring substituents is 1. The predicted octanol–water partition coefficient (Wildman–Crippen LogP) is 4.80. The lowest BCUT2D eigenvalue weighted by molar-refractivity contribution is -0.384. The number of anilines is 3. The predicted molar refractivity (Wildman–Crippen MR) is 142 cm³/mol. The van der Waals surface area contributed by atoms with E-state index in [2.05, 4.69) is 15.1 Å². The Morgan fingerprint density at radius 2 is 1.61 bits per heavy atom. The van der Waals surface area contributed by atoms with E-state index >= 15 is 0 Å². The van der Waals surface area contributed by atoms with Crippen molar-refractivity contribution in [2.24, 2.45) is 5.92 Å². The second-order valence-corrected chi connectivity index (χ2v) is 10.2. The lowest BCUT2D eigenvalue weighted by atomic mass is 10.1. The lowest BCUT2D eigenvalue weighted by Gasteiger charge is -2.37. The smallest absolute Gasteiger partial charge is 0.270 e. The highest BCUT2D eigenvalue weighted by molar-refractivity contribution is 6.31. The molecule has 9 nitrogen and oxygen atoms in total. The largest absolute Gasteiger partial charge is 0.371 e. The molecule has 10 heteroatoms. The molecular weight excluding hydrogens is 482 g/mol. The summed E-state index contributed by atoms with van der Waals surface area (Å²) in [4.78, 5) is 43.0. The molecule has 2 aromatic rings. The highest BCUT2D eigenvalue weighted by atomic mass is 35.5. The van der Waals surface area contributed by atoms with E-state index in [0.717, 1.165) is 31.6 Å². The molecule has 2 amide bonds. The van der Waals surface area contributed by atoms with Gasteiger partial charge in [-0.3, -0.25) is 19.7 Å². The minimum Gasteiger partial charge on any atom is -0.371 e. The van der Waals surface area contributed by atoms with Crippen LogP contribution < -0.4 is 15.1 Å². The Balaban J connectivity index is 1.56. The summed E-state index contributed by atoms with van der Waals surface area (Å²) >= 11 is 6.28. The molecule has 2 aromatic carbocycles. The maximum absolute atomic E-state index is 13.5. The Hall–Kier alpha value is -3.33. The number of nitrogens with one attached hydrogen (secondary N) is 1. The molecule has 0 spiro atoms. The molecule has 0 radical (unpaired) electrons. The van der Waals surface area contributed by atoms with Crippen molar-refractivity contribution in [3.63, 3.8) is 0 Å². The highest BCUT2D eigenvalue weighted by Crippen LogP contribution is 2.33. The van der Waals surface area contributed by atoms with Gasteiger partial charge >= 0.3 is 0 Å². The SMILES string of the molecule is CC(C)CC(=O)N1CCN(c2ccc(Cl)cc2NC(=O)c2cc([N+](=O)[O-])ccc2N2CCCC2)CC1. The van der Waals surface area contributed by atoms with Crippen LogP contribution in [0.4, 0.5) is 22.7 Å². The second kappa shape index (κ2) is 11.2. The van der Waals surface area contributed by atoms with Crippen molar-refractivity contribution in [2.75, 3.05) is 54.4 Å². The van der Waals surface area contributed by atoms with Gasteiger partial charge in [0.1, 0.15) is 0 Å². The Morgan fingerprint density at radius 1 is 0.972 bits per heavy atom. The zero-order valence-corrected chi connectivity index (χ0v) is 21.5. The van der Waals surface area contributed by atoms with E-state index in [1.807, 2.05) is 24.8 Å². The fourth-order valence-electron chi connectivity index (χ4n) is 4.80. The van der Waals surface area contributed by atoms with Crippen molar-refractivity contribution in [3.05, 3.63) is 57.1 Å². The van der Waals surface area contributed by atoms with Crippen LogP contribution in [-0.2, 0) is 4.79 Å². The van der Waals surface area contributed by atoms with E-state index in [-0.39, 0.29) is 17.2 Å². The summed E-state index contributed by atoms with van der Waals surface area (Å²) < 4.78 is 0. The van der Waals surface area contributed by atoms with Crippen LogP contribution in [0.15, 0.2) is 36.4 Å². The van der Waals surface area contributed by atoms with Crippen molar-refractivity contribution < 1.29 is 14.5 Å². The standard InChI is InChI=1S/C26H32ClN5O4/c1-18(2)15-25(33)31-13-11-30(12-14-31)24-7-5-19(27)16-22(24)28-26(34)21-17-20(32(35)36)6-8-23(21)29-9-3-4-10-29/h5-8,16-18H,3-4,9-15H2,1-2H3,(H,28,34). The highest BCUT2D eigenvalue weighted by Gasteiger charge is 2.26. The van der Waals surface area contributed by atoms with Crippen LogP contribution in [0.2, 0.25) is 5.02 Å². The normalized spacial score (nSPS) is 15.9. The third-order valence-corrected chi connectivity index (χ3v) is 6.88. The number of nitrogens with zero attached hydrogens (tertiary/aromatic N) is 4. The maximum Gasteiger partial charge on any atom is 0.270 e. The molecule has 2 saturated heterocycles. The van der Waals surface area contributed by atoms with E-state index in [4.69, 9.17) is 11.6 Å². The summed E-state index contributed by atoms with van der Waals surface area (Å²) in [7, 11) is 0. The van der Waals surface area contributed by atoms with Crippen LogP contribution in [0.5, 0.6) is 0 Å². The molecule has 0 aromatic heterocycles. The molecule has 4 rings (SSSR count). The molecule has 2 aliphatic rings. The van der Waals surface area contributed by atoms with Crippen molar-refractivity contribution in [3.8, 4) is 0 Å². The number of halogens is 1. The summed E-state index contributed by atoms with van der Waals surface area (Å²) in [6.07, 6.45) is 2.56. The van der Waals surface area contributed by atoms with Crippen LogP contribution >= 0.6 is 11.6 Å². The molecule has 2 aliphatic heterocycles. The quantitative estimate of drug-likeness (QED) is 0.422. The molecule has 0 atom stereocenters. The summed E-state index contributed by atoms with van der Waals surface area (Å²) in [5.41, 5.74) is 2.17. The first-order valence-electron chi connectivity index (χ1n) is 12.4. The molecule has 2 fully saturated rings. The monoisotopic (exact) mass is 513 g/mol. The fraction of sp³-hybridized carbons (Fsp3) is 0.462. The molecular formula is C26H32ClN5O4. The van der Waals surface area contributed by atoms with Crippen molar-refractivity contribution >= 4 is 46.2 Å². The molecule has 0 unspecified atom stereocenters. The first kappa shape index (κ1) is 25.8. The maximum atomic E-state index is 13.5. The number of benzene rings is 2. The van der Waals surface area contributed by atoms with Crippen molar-refractivity contribution in [2.45, 2.75) is 33.1 Å². The Kier molecular flexibility index (Phi) is 7.98. The third-order valence-electron chi connectivity index (χ3n) is 6.65. The summed E-state index contributed by atoms with van der Waals surface area (Å²) in [6.45, 7) is 8.15. The van der Waals surface area contributed by atoms with Gasteiger partial charge in [0.05, 0.1) is 27.5 Å². The van der Waals surface area contributed by atoms with Gasteiger partial charge in [0.2, 0.25) is 5.91 Å². The zero-order valence-electron chi connectivity index (χ0n) is 20.7. The van der Waals surface area contributed by atoms with E-state index < -0.39 is 10.8 Å². The second-order valence-electron chi connectivity index (χ2n) is 9.73. The fourth-order valence-corrected chi connectivity index (χ4v) is 4.97. The first-order valence-corrected chi connectivity index (χ1v) is 12.8. The van der Waals surface area contributed by atoms with Crippen LogP contribution in [0.3, 0.4) is 0 Å². The average Bonchev–Trinajstić information content (AvgIpc) is 3.38. The molecule has 192 valence electrons. The average molecular weight is 514 g/mol. The summed E-state index contributed by atoms with van der Waals surface area (Å²) in [5, 5.41) is 14.8. The Morgan fingerprint density at radius 3 is 2.25 bits per heavy atom. The van der Waals surface area contributed by atoms with Gasteiger partial charge < -0.3 is 20.0 Å². The molecule has 1 N–H and O–H groups in total. The number of hydrogen-bond acceptors (Lipinski definition) is 6. The first-order chi connectivity index (χ1) is 17.2. The van der Waals surface area contributed by atoms with Gasteiger partial charge in [-0.05, 0) is 43.0 Å². The summed E-state index contributed by atoms with van der Waals surface area (Å²) in [5.74, 6) is 0.0529. The molecule has 2 heterocycles. The molecule has 0 saturated carbocycles. The number of carbonyl (C=O) groups excluding carboxylic acids is 2. The molecule has 36 heavy (non-hydrogen) atoms. The van der Waals surface area contributed by atoms with Crippen molar-refractivity contribution in [1.82, 2.24) is 4.90 Å². The Bertz CT molecular complexity index is 1140. The number of nitro groups is 1.